The third-order valence-corrected chi connectivity index (χ3v) is 6.90. The van der Waals surface area contributed by atoms with Crippen LogP contribution >= 0.6 is 0 Å². The van der Waals surface area contributed by atoms with Crippen LogP contribution in [-0.2, 0) is 14.3 Å². The number of phenolic OH excluding ortho intramolecular Hbond substituents is 1. The number of hydrogen-bond donors (Lipinski definition) is 3. The van der Waals surface area contributed by atoms with Crippen LogP contribution in [0.4, 0.5) is 0 Å². The molecule has 1 saturated carbocycles. The van der Waals surface area contributed by atoms with Gasteiger partial charge in [-0.2, -0.15) is 0 Å². The van der Waals surface area contributed by atoms with Gasteiger partial charge in [-0.3, -0.25) is 14.4 Å². The van der Waals surface area contributed by atoms with Gasteiger partial charge in [0, 0.05) is 5.56 Å². The van der Waals surface area contributed by atoms with Crippen molar-refractivity contribution in [3.05, 3.63) is 29.3 Å². The first-order chi connectivity index (χ1) is 15.1. The van der Waals surface area contributed by atoms with E-state index in [1.807, 2.05) is 20.8 Å². The van der Waals surface area contributed by atoms with Crippen LogP contribution in [-0.4, -0.2) is 47.5 Å². The number of carbonyl (C=O) groups is 3. The standard InChI is InChI=1S/C25H36N2O5/c1-5-21-22(20(29)14-32-21)27-24(31)18(13-25(4)10-6-7-11-25)26-23(30)16-8-9-19(28)17(12-16)15(2)3/h8-9,12,15,18,21-22,28H,5-7,10-11,13-14H2,1-4H3,(H,26,30)(H,27,31)/t18-,21-,22+/m0/s1. The highest BCUT2D eigenvalue weighted by molar-refractivity contribution is 5.99. The summed E-state index contributed by atoms with van der Waals surface area (Å²) < 4.78 is 5.48. The van der Waals surface area contributed by atoms with Gasteiger partial charge in [0.2, 0.25) is 5.91 Å². The van der Waals surface area contributed by atoms with E-state index in [1.165, 1.54) is 6.07 Å². The third kappa shape index (κ3) is 5.49. The Morgan fingerprint density at radius 2 is 1.94 bits per heavy atom. The van der Waals surface area contributed by atoms with Crippen LogP contribution in [0.25, 0.3) is 0 Å². The van der Waals surface area contributed by atoms with Gasteiger partial charge < -0.3 is 20.5 Å². The maximum Gasteiger partial charge on any atom is 0.251 e. The Kier molecular flexibility index (Phi) is 7.59. The molecule has 1 aromatic carbocycles. The molecule has 3 N–H and O–H groups in total. The molecule has 0 radical (unpaired) electrons. The number of ketones is 1. The Hall–Kier alpha value is -2.41. The van der Waals surface area contributed by atoms with E-state index in [9.17, 15) is 19.5 Å². The van der Waals surface area contributed by atoms with Crippen LogP contribution in [0.2, 0.25) is 0 Å². The molecule has 3 rings (SSSR count). The summed E-state index contributed by atoms with van der Waals surface area (Å²) >= 11 is 0. The van der Waals surface area contributed by atoms with Gasteiger partial charge in [-0.1, -0.05) is 40.5 Å². The number of ether oxygens (including phenoxy) is 1. The molecule has 0 bridgehead atoms. The zero-order valence-electron chi connectivity index (χ0n) is 19.6. The molecule has 2 amide bonds. The number of carbonyl (C=O) groups excluding carboxylic acids is 3. The summed E-state index contributed by atoms with van der Waals surface area (Å²) in [5.74, 6) is -0.651. The number of phenols is 1. The number of benzene rings is 1. The number of aromatic hydroxyl groups is 1. The summed E-state index contributed by atoms with van der Waals surface area (Å²) in [5.41, 5.74) is 1.04. The summed E-state index contributed by atoms with van der Waals surface area (Å²) in [4.78, 5) is 38.6. The van der Waals surface area contributed by atoms with Crippen LogP contribution in [0, 0.1) is 5.41 Å². The van der Waals surface area contributed by atoms with Gasteiger partial charge in [-0.25, -0.2) is 0 Å². The highest BCUT2D eigenvalue weighted by atomic mass is 16.5. The Bertz CT molecular complexity index is 860. The van der Waals surface area contributed by atoms with E-state index in [-0.39, 0.29) is 47.4 Å². The number of amides is 2. The molecule has 0 spiro atoms. The van der Waals surface area contributed by atoms with Gasteiger partial charge in [0.1, 0.15) is 24.4 Å². The highest BCUT2D eigenvalue weighted by Crippen LogP contribution is 2.41. The lowest BCUT2D eigenvalue weighted by Gasteiger charge is -2.30. The highest BCUT2D eigenvalue weighted by Gasteiger charge is 2.40. The van der Waals surface area contributed by atoms with Crippen LogP contribution < -0.4 is 10.6 Å². The fraction of sp³-hybridized carbons (Fsp3) is 0.640. The summed E-state index contributed by atoms with van der Waals surface area (Å²) in [5, 5.41) is 15.8. The van der Waals surface area contributed by atoms with E-state index in [2.05, 4.69) is 17.6 Å². The normalized spacial score (nSPS) is 23.3. The lowest BCUT2D eigenvalue weighted by atomic mass is 9.81. The third-order valence-electron chi connectivity index (χ3n) is 6.90. The molecule has 1 aliphatic heterocycles. The van der Waals surface area contributed by atoms with Gasteiger partial charge in [0.05, 0.1) is 6.10 Å². The first kappa shape index (κ1) is 24.2. The van der Waals surface area contributed by atoms with Crippen molar-refractivity contribution in [3.63, 3.8) is 0 Å². The predicted molar refractivity (Wildman–Crippen MR) is 122 cm³/mol. The number of hydrogen-bond acceptors (Lipinski definition) is 5. The quantitative estimate of drug-likeness (QED) is 0.570. The minimum Gasteiger partial charge on any atom is -0.508 e. The molecule has 1 heterocycles. The molecule has 7 nitrogen and oxygen atoms in total. The zero-order valence-corrected chi connectivity index (χ0v) is 19.6. The molecule has 2 fully saturated rings. The van der Waals surface area contributed by atoms with E-state index in [4.69, 9.17) is 4.74 Å². The van der Waals surface area contributed by atoms with Gasteiger partial charge in [-0.05, 0) is 60.8 Å². The van der Waals surface area contributed by atoms with E-state index in [0.717, 1.165) is 25.7 Å². The predicted octanol–water partition coefficient (Wildman–Crippen LogP) is 3.45. The van der Waals surface area contributed by atoms with E-state index in [1.54, 1.807) is 12.1 Å². The van der Waals surface area contributed by atoms with Crippen molar-refractivity contribution in [2.45, 2.75) is 90.3 Å². The zero-order chi connectivity index (χ0) is 23.5. The molecule has 1 saturated heterocycles. The first-order valence-electron chi connectivity index (χ1n) is 11.7. The Labute approximate surface area is 190 Å². The minimum atomic E-state index is -0.757. The second-order valence-electron chi connectivity index (χ2n) is 9.89. The topological polar surface area (TPSA) is 105 Å². The Balaban J connectivity index is 1.79. The fourth-order valence-electron chi connectivity index (χ4n) is 4.90. The van der Waals surface area contributed by atoms with Crippen LogP contribution in [0.5, 0.6) is 5.75 Å². The molecule has 2 aliphatic rings. The molecule has 0 unspecified atom stereocenters. The average molecular weight is 445 g/mol. The van der Waals surface area contributed by atoms with Crippen LogP contribution in [0.1, 0.15) is 88.1 Å². The summed E-state index contributed by atoms with van der Waals surface area (Å²) in [6, 6.07) is 3.31. The van der Waals surface area contributed by atoms with Crippen LogP contribution in [0.15, 0.2) is 18.2 Å². The molecule has 32 heavy (non-hydrogen) atoms. The van der Waals surface area contributed by atoms with Crippen molar-refractivity contribution in [1.82, 2.24) is 10.6 Å². The molecular weight excluding hydrogens is 408 g/mol. The lowest BCUT2D eigenvalue weighted by molar-refractivity contribution is -0.128. The van der Waals surface area contributed by atoms with Gasteiger partial charge in [0.25, 0.3) is 5.91 Å². The maximum atomic E-state index is 13.3. The summed E-state index contributed by atoms with van der Waals surface area (Å²) in [7, 11) is 0. The summed E-state index contributed by atoms with van der Waals surface area (Å²) in [6.45, 7) is 7.96. The SMILES string of the molecule is CC[C@@H]1OCC(=O)[C@H]1NC(=O)[C@H](CC1(C)CCCC1)NC(=O)c1ccc(O)c(C(C)C)c1. The van der Waals surface area contributed by atoms with Gasteiger partial charge in [0.15, 0.2) is 5.78 Å². The molecule has 7 heteroatoms. The maximum absolute atomic E-state index is 13.3. The molecule has 3 atom stereocenters. The summed E-state index contributed by atoms with van der Waals surface area (Å²) in [6.07, 6.45) is 5.03. The largest absolute Gasteiger partial charge is 0.508 e. The van der Waals surface area contributed by atoms with Crippen molar-refractivity contribution < 1.29 is 24.2 Å². The Morgan fingerprint density at radius 1 is 1.25 bits per heavy atom. The van der Waals surface area contributed by atoms with Crippen LogP contribution in [0.3, 0.4) is 0 Å². The van der Waals surface area contributed by atoms with Crippen molar-refractivity contribution >= 4 is 17.6 Å². The lowest BCUT2D eigenvalue weighted by Crippen LogP contribution is -2.54. The van der Waals surface area contributed by atoms with Gasteiger partial charge in [-0.15, -0.1) is 0 Å². The van der Waals surface area contributed by atoms with E-state index >= 15 is 0 Å². The van der Waals surface area contributed by atoms with Crippen molar-refractivity contribution in [1.29, 1.82) is 0 Å². The second-order valence-corrected chi connectivity index (χ2v) is 9.89. The van der Waals surface area contributed by atoms with Gasteiger partial charge >= 0.3 is 0 Å². The molecular formula is C25H36N2O5. The smallest absolute Gasteiger partial charge is 0.251 e. The second kappa shape index (κ2) is 10.0. The van der Waals surface area contributed by atoms with E-state index < -0.39 is 12.1 Å². The molecule has 1 aromatic rings. The monoisotopic (exact) mass is 444 g/mol. The number of Topliss-reactive ketones (excluding diaryl/α,β-unsaturated/α-hetero) is 1. The average Bonchev–Trinajstić information content (AvgIpc) is 3.33. The molecule has 0 aromatic heterocycles. The molecule has 176 valence electrons. The van der Waals surface area contributed by atoms with Crippen molar-refractivity contribution in [2.24, 2.45) is 5.41 Å². The fourth-order valence-corrected chi connectivity index (χ4v) is 4.90. The number of rotatable bonds is 8. The number of nitrogens with one attached hydrogen (secondary N) is 2. The van der Waals surface area contributed by atoms with E-state index in [0.29, 0.717) is 24.0 Å². The minimum absolute atomic E-state index is 0.00365. The first-order valence-corrected chi connectivity index (χ1v) is 11.7. The molecule has 1 aliphatic carbocycles. The van der Waals surface area contributed by atoms with Crippen molar-refractivity contribution in [3.8, 4) is 5.75 Å². The Morgan fingerprint density at radius 3 is 2.56 bits per heavy atom. The van der Waals surface area contributed by atoms with Crippen molar-refractivity contribution in [2.75, 3.05) is 6.61 Å².